The van der Waals surface area contributed by atoms with Gasteiger partial charge >= 0.3 is 0 Å². The standard InChI is InChI=1S/C16H30N4O2/c1-2-18-16(19-10-13-6-3-7-14(13)21)20-8-4-5-12(11-20)9-15(17)22/h12-14,21H,2-11H2,1H3,(H2,17,22)(H,18,19). The lowest BCUT2D eigenvalue weighted by Gasteiger charge is -2.35. The van der Waals surface area contributed by atoms with Gasteiger partial charge in [0.1, 0.15) is 0 Å². The summed E-state index contributed by atoms with van der Waals surface area (Å²) in [5.74, 6) is 1.31. The van der Waals surface area contributed by atoms with Gasteiger partial charge in [-0.2, -0.15) is 0 Å². The number of nitrogens with zero attached hydrogens (tertiary/aromatic N) is 2. The van der Waals surface area contributed by atoms with E-state index in [0.29, 0.717) is 24.8 Å². The largest absolute Gasteiger partial charge is 0.393 e. The van der Waals surface area contributed by atoms with Gasteiger partial charge in [-0.1, -0.05) is 6.42 Å². The Balaban J connectivity index is 1.95. The normalized spacial score (nSPS) is 29.6. The second-order valence-electron chi connectivity index (χ2n) is 6.58. The van der Waals surface area contributed by atoms with E-state index in [2.05, 4.69) is 17.1 Å². The molecule has 3 atom stereocenters. The average Bonchev–Trinajstić information content (AvgIpc) is 2.88. The highest BCUT2D eigenvalue weighted by molar-refractivity contribution is 5.80. The van der Waals surface area contributed by atoms with Crippen molar-refractivity contribution in [2.24, 2.45) is 22.6 Å². The number of hydrogen-bond donors (Lipinski definition) is 3. The molecule has 1 heterocycles. The lowest BCUT2D eigenvalue weighted by atomic mass is 9.95. The second kappa shape index (κ2) is 8.36. The lowest BCUT2D eigenvalue weighted by molar-refractivity contribution is -0.119. The van der Waals surface area contributed by atoms with Gasteiger partial charge in [0.05, 0.1) is 6.10 Å². The number of nitrogens with one attached hydrogen (secondary N) is 1. The summed E-state index contributed by atoms with van der Waals surface area (Å²) in [6.07, 6.45) is 5.44. The van der Waals surface area contributed by atoms with E-state index in [1.54, 1.807) is 0 Å². The van der Waals surface area contributed by atoms with Crippen molar-refractivity contribution in [3.63, 3.8) is 0 Å². The van der Waals surface area contributed by atoms with Crippen molar-refractivity contribution in [3.05, 3.63) is 0 Å². The first-order valence-corrected chi connectivity index (χ1v) is 8.59. The molecular weight excluding hydrogens is 280 g/mol. The molecule has 2 aliphatic rings. The minimum absolute atomic E-state index is 0.199. The van der Waals surface area contributed by atoms with Gasteiger partial charge in [0.25, 0.3) is 0 Å². The van der Waals surface area contributed by atoms with Crippen LogP contribution in [0.2, 0.25) is 0 Å². The summed E-state index contributed by atoms with van der Waals surface area (Å²) < 4.78 is 0. The summed E-state index contributed by atoms with van der Waals surface area (Å²) >= 11 is 0. The van der Waals surface area contributed by atoms with Crippen LogP contribution in [0.3, 0.4) is 0 Å². The quantitative estimate of drug-likeness (QED) is 0.515. The number of rotatable bonds is 5. The number of nitrogens with two attached hydrogens (primary N) is 1. The van der Waals surface area contributed by atoms with Gasteiger partial charge in [0.15, 0.2) is 5.96 Å². The van der Waals surface area contributed by atoms with Crippen LogP contribution < -0.4 is 11.1 Å². The summed E-state index contributed by atoms with van der Waals surface area (Å²) in [4.78, 5) is 18.1. The molecule has 0 aromatic carbocycles. The Morgan fingerprint density at radius 1 is 1.36 bits per heavy atom. The van der Waals surface area contributed by atoms with Gasteiger partial charge in [-0.15, -0.1) is 0 Å². The van der Waals surface area contributed by atoms with E-state index in [0.717, 1.165) is 57.7 Å². The van der Waals surface area contributed by atoms with Crippen molar-refractivity contribution < 1.29 is 9.90 Å². The first kappa shape index (κ1) is 17.1. The van der Waals surface area contributed by atoms with Gasteiger partial charge in [0, 0.05) is 38.5 Å². The molecule has 1 aliphatic carbocycles. The topological polar surface area (TPSA) is 91.0 Å². The number of hydrogen-bond acceptors (Lipinski definition) is 3. The molecule has 2 rings (SSSR count). The number of aliphatic hydroxyl groups excluding tert-OH is 1. The van der Waals surface area contributed by atoms with Crippen LogP contribution in [0.1, 0.15) is 45.4 Å². The molecule has 1 aliphatic heterocycles. The highest BCUT2D eigenvalue weighted by Crippen LogP contribution is 2.26. The molecule has 126 valence electrons. The number of piperidine rings is 1. The van der Waals surface area contributed by atoms with Crippen molar-refractivity contribution in [1.82, 2.24) is 10.2 Å². The predicted molar refractivity (Wildman–Crippen MR) is 87.4 cm³/mol. The second-order valence-corrected chi connectivity index (χ2v) is 6.58. The molecule has 0 radical (unpaired) electrons. The third kappa shape index (κ3) is 4.87. The molecule has 1 amide bonds. The Bertz CT molecular complexity index is 400. The van der Waals surface area contributed by atoms with Crippen LogP contribution >= 0.6 is 0 Å². The smallest absolute Gasteiger partial charge is 0.217 e. The number of carbonyl (C=O) groups excluding carboxylic acids is 1. The fourth-order valence-electron chi connectivity index (χ4n) is 3.57. The minimum atomic E-state index is -0.220. The van der Waals surface area contributed by atoms with Gasteiger partial charge < -0.3 is 21.1 Å². The summed E-state index contributed by atoms with van der Waals surface area (Å²) in [5.41, 5.74) is 5.33. The number of likely N-dealkylation sites (tertiary alicyclic amines) is 1. The van der Waals surface area contributed by atoms with Crippen LogP contribution in [-0.4, -0.2) is 54.2 Å². The SMILES string of the molecule is CCNC(=NCC1CCCC1O)N1CCCC(CC(N)=O)C1. The zero-order chi connectivity index (χ0) is 15.9. The fraction of sp³-hybridized carbons (Fsp3) is 0.875. The molecule has 3 unspecified atom stereocenters. The van der Waals surface area contributed by atoms with Gasteiger partial charge in [0.2, 0.25) is 5.91 Å². The number of aliphatic hydroxyl groups is 1. The van der Waals surface area contributed by atoms with Crippen molar-refractivity contribution in [3.8, 4) is 0 Å². The van der Waals surface area contributed by atoms with E-state index < -0.39 is 0 Å². The van der Waals surface area contributed by atoms with Crippen molar-refractivity contribution in [1.29, 1.82) is 0 Å². The van der Waals surface area contributed by atoms with E-state index in [9.17, 15) is 9.90 Å². The molecule has 1 saturated heterocycles. The van der Waals surface area contributed by atoms with Crippen LogP contribution in [0.4, 0.5) is 0 Å². The number of carbonyl (C=O) groups is 1. The minimum Gasteiger partial charge on any atom is -0.393 e. The zero-order valence-corrected chi connectivity index (χ0v) is 13.6. The van der Waals surface area contributed by atoms with Crippen LogP contribution in [0.5, 0.6) is 0 Å². The summed E-state index contributed by atoms with van der Waals surface area (Å²) in [6.45, 7) is 5.37. The highest BCUT2D eigenvalue weighted by atomic mass is 16.3. The molecule has 4 N–H and O–H groups in total. The van der Waals surface area contributed by atoms with E-state index in [-0.39, 0.29) is 12.0 Å². The molecule has 1 saturated carbocycles. The zero-order valence-electron chi connectivity index (χ0n) is 13.6. The maximum absolute atomic E-state index is 11.1. The van der Waals surface area contributed by atoms with Gasteiger partial charge in [-0.25, -0.2) is 0 Å². The molecule has 0 aromatic rings. The number of guanidine groups is 1. The van der Waals surface area contributed by atoms with E-state index in [1.807, 2.05) is 0 Å². The third-order valence-electron chi connectivity index (χ3n) is 4.74. The summed E-state index contributed by atoms with van der Waals surface area (Å²) in [6, 6.07) is 0. The molecule has 6 heteroatoms. The molecular formula is C16H30N4O2. The summed E-state index contributed by atoms with van der Waals surface area (Å²) in [7, 11) is 0. The first-order valence-electron chi connectivity index (χ1n) is 8.59. The fourth-order valence-corrected chi connectivity index (χ4v) is 3.57. The number of amides is 1. The molecule has 0 spiro atoms. The van der Waals surface area contributed by atoms with E-state index in [1.165, 1.54) is 0 Å². The highest BCUT2D eigenvalue weighted by Gasteiger charge is 2.26. The van der Waals surface area contributed by atoms with Crippen LogP contribution in [0.15, 0.2) is 4.99 Å². The molecule has 0 aromatic heterocycles. The Morgan fingerprint density at radius 3 is 2.82 bits per heavy atom. The first-order chi connectivity index (χ1) is 10.6. The third-order valence-corrected chi connectivity index (χ3v) is 4.74. The average molecular weight is 310 g/mol. The Hall–Kier alpha value is -1.30. The van der Waals surface area contributed by atoms with Gasteiger partial charge in [-0.3, -0.25) is 9.79 Å². The molecule has 0 bridgehead atoms. The predicted octanol–water partition coefficient (Wildman–Crippen LogP) is 0.700. The van der Waals surface area contributed by atoms with E-state index in [4.69, 9.17) is 10.7 Å². The van der Waals surface area contributed by atoms with Crippen molar-refractivity contribution in [2.75, 3.05) is 26.2 Å². The Kier molecular flexibility index (Phi) is 6.49. The maximum Gasteiger partial charge on any atom is 0.217 e. The lowest BCUT2D eigenvalue weighted by Crippen LogP contribution is -2.47. The number of primary amides is 1. The number of aliphatic imine (C=N–C) groups is 1. The van der Waals surface area contributed by atoms with Crippen LogP contribution in [0, 0.1) is 11.8 Å². The van der Waals surface area contributed by atoms with Gasteiger partial charge in [-0.05, 0) is 38.5 Å². The van der Waals surface area contributed by atoms with Crippen LogP contribution in [-0.2, 0) is 4.79 Å². The van der Waals surface area contributed by atoms with Crippen LogP contribution in [0.25, 0.3) is 0 Å². The van der Waals surface area contributed by atoms with Crippen molar-refractivity contribution >= 4 is 11.9 Å². The van der Waals surface area contributed by atoms with E-state index >= 15 is 0 Å². The maximum atomic E-state index is 11.1. The Labute approximate surface area is 133 Å². The Morgan fingerprint density at radius 2 is 2.18 bits per heavy atom. The molecule has 6 nitrogen and oxygen atoms in total. The summed E-state index contributed by atoms with van der Waals surface area (Å²) in [5, 5.41) is 13.3. The monoisotopic (exact) mass is 310 g/mol. The van der Waals surface area contributed by atoms with Crippen molar-refractivity contribution in [2.45, 2.75) is 51.6 Å². The molecule has 2 fully saturated rings. The molecule has 22 heavy (non-hydrogen) atoms.